The molecule has 1 aromatic heterocycles. The van der Waals surface area contributed by atoms with E-state index in [1.54, 1.807) is 0 Å². The Bertz CT molecular complexity index is 278. The van der Waals surface area contributed by atoms with E-state index in [0.29, 0.717) is 0 Å². The molecule has 2 rings (SSSR count). The summed E-state index contributed by atoms with van der Waals surface area (Å²) < 4.78 is 0. The van der Waals surface area contributed by atoms with Crippen LogP contribution in [-0.2, 0) is 0 Å². The van der Waals surface area contributed by atoms with Crippen LogP contribution >= 0.6 is 0 Å². The molecule has 1 aliphatic rings. The summed E-state index contributed by atoms with van der Waals surface area (Å²) in [5, 5.41) is 3.28. The number of nitrogens with zero attached hydrogens (tertiary/aromatic N) is 1. The maximum Gasteiger partial charge on any atom is 0.0659 e. The van der Waals surface area contributed by atoms with Crippen LogP contribution in [0.2, 0.25) is 0 Å². The number of aromatic nitrogens is 1. The van der Waals surface area contributed by atoms with Crippen molar-refractivity contribution in [1.29, 1.82) is 0 Å². The van der Waals surface area contributed by atoms with Gasteiger partial charge in [0, 0.05) is 12.7 Å². The highest BCUT2D eigenvalue weighted by Crippen LogP contribution is 2.16. The van der Waals surface area contributed by atoms with E-state index in [-0.39, 0.29) is 0 Å². The third kappa shape index (κ3) is 2.96. The topological polar surface area (TPSA) is 24.9 Å². The zero-order valence-corrected chi connectivity index (χ0v) is 8.96. The third-order valence-corrected chi connectivity index (χ3v) is 2.06. The zero-order chi connectivity index (χ0) is 10.2. The molecule has 0 spiro atoms. The predicted octanol–water partition coefficient (Wildman–Crippen LogP) is 2.48. The van der Waals surface area contributed by atoms with Gasteiger partial charge in [-0.15, -0.1) is 0 Å². The quantitative estimate of drug-likeness (QED) is 0.736. The lowest BCUT2D eigenvalue weighted by atomic mass is 10.1. The molecule has 1 aliphatic heterocycles. The molecule has 0 amide bonds. The van der Waals surface area contributed by atoms with Gasteiger partial charge < -0.3 is 5.32 Å². The van der Waals surface area contributed by atoms with Gasteiger partial charge >= 0.3 is 0 Å². The number of hydrogen-bond acceptors (Lipinski definition) is 2. The Labute approximate surface area is 86.1 Å². The number of hydrogen-bond donors (Lipinski definition) is 1. The van der Waals surface area contributed by atoms with Crippen molar-refractivity contribution in [2.45, 2.75) is 20.3 Å². The highest BCUT2D eigenvalue weighted by molar-refractivity contribution is 5.63. The van der Waals surface area contributed by atoms with Crippen LogP contribution in [0.15, 0.2) is 30.5 Å². The molecule has 0 atom stereocenters. The van der Waals surface area contributed by atoms with Crippen LogP contribution in [0.25, 0.3) is 5.57 Å². The van der Waals surface area contributed by atoms with Crippen LogP contribution < -0.4 is 5.32 Å². The standard InChI is InChI=1S/C10H12N2.C2H6/c1-2-6-12-10(3-1)9-4-7-11-8-5-9;1-2/h1-4,6,11H,5,7-8H2;1-2H3. The van der Waals surface area contributed by atoms with Crippen LogP contribution in [0, 0.1) is 0 Å². The first kappa shape index (κ1) is 10.9. The summed E-state index contributed by atoms with van der Waals surface area (Å²) in [5.74, 6) is 0. The molecule has 1 aromatic rings. The molecule has 0 bridgehead atoms. The number of rotatable bonds is 1. The van der Waals surface area contributed by atoms with Crippen LogP contribution in [0.5, 0.6) is 0 Å². The molecular formula is C12H18N2. The Morgan fingerprint density at radius 1 is 1.29 bits per heavy atom. The van der Waals surface area contributed by atoms with Gasteiger partial charge in [-0.1, -0.05) is 26.0 Å². The summed E-state index contributed by atoms with van der Waals surface area (Å²) in [5.41, 5.74) is 2.49. The average molecular weight is 190 g/mol. The fourth-order valence-corrected chi connectivity index (χ4v) is 1.41. The molecule has 0 saturated heterocycles. The van der Waals surface area contributed by atoms with Gasteiger partial charge in [0.1, 0.15) is 0 Å². The van der Waals surface area contributed by atoms with Crippen molar-refractivity contribution in [3.63, 3.8) is 0 Å². The summed E-state index contributed by atoms with van der Waals surface area (Å²) in [6, 6.07) is 6.05. The second kappa shape index (κ2) is 6.33. The lowest BCUT2D eigenvalue weighted by Gasteiger charge is -2.12. The Hall–Kier alpha value is -1.15. The van der Waals surface area contributed by atoms with Gasteiger partial charge in [-0.3, -0.25) is 4.98 Å². The normalized spacial score (nSPS) is 15.1. The van der Waals surface area contributed by atoms with E-state index in [0.717, 1.165) is 25.2 Å². The first-order valence-corrected chi connectivity index (χ1v) is 5.28. The number of pyridine rings is 1. The summed E-state index contributed by atoms with van der Waals surface area (Å²) in [6.07, 6.45) is 5.15. The van der Waals surface area contributed by atoms with Gasteiger partial charge in [0.05, 0.1) is 5.69 Å². The molecular weight excluding hydrogens is 172 g/mol. The van der Waals surface area contributed by atoms with E-state index < -0.39 is 0 Å². The number of nitrogens with one attached hydrogen (secondary N) is 1. The minimum absolute atomic E-state index is 0.978. The molecule has 0 radical (unpaired) electrons. The first-order chi connectivity index (χ1) is 6.97. The van der Waals surface area contributed by atoms with E-state index in [9.17, 15) is 0 Å². The second-order valence-corrected chi connectivity index (χ2v) is 2.90. The molecule has 2 heterocycles. The van der Waals surface area contributed by atoms with Crippen molar-refractivity contribution in [3.8, 4) is 0 Å². The lowest BCUT2D eigenvalue weighted by molar-refractivity contribution is 0.737. The van der Waals surface area contributed by atoms with Gasteiger partial charge in [-0.25, -0.2) is 0 Å². The maximum atomic E-state index is 4.31. The van der Waals surface area contributed by atoms with E-state index >= 15 is 0 Å². The van der Waals surface area contributed by atoms with Crippen molar-refractivity contribution in [1.82, 2.24) is 10.3 Å². The molecule has 0 aromatic carbocycles. The van der Waals surface area contributed by atoms with Gasteiger partial charge in [-0.05, 0) is 30.7 Å². The van der Waals surface area contributed by atoms with Crippen molar-refractivity contribution >= 4 is 5.57 Å². The molecule has 2 heteroatoms. The zero-order valence-electron chi connectivity index (χ0n) is 8.96. The highest BCUT2D eigenvalue weighted by Gasteiger charge is 2.04. The fraction of sp³-hybridized carbons (Fsp3) is 0.417. The van der Waals surface area contributed by atoms with Crippen molar-refractivity contribution in [2.75, 3.05) is 13.1 Å². The first-order valence-electron chi connectivity index (χ1n) is 5.28. The summed E-state index contributed by atoms with van der Waals surface area (Å²) in [4.78, 5) is 4.31. The monoisotopic (exact) mass is 190 g/mol. The van der Waals surface area contributed by atoms with Crippen LogP contribution in [0.4, 0.5) is 0 Å². The minimum Gasteiger partial charge on any atom is -0.313 e. The van der Waals surface area contributed by atoms with E-state index in [4.69, 9.17) is 0 Å². The van der Waals surface area contributed by atoms with Gasteiger partial charge in [-0.2, -0.15) is 0 Å². The van der Waals surface area contributed by atoms with Crippen molar-refractivity contribution in [3.05, 3.63) is 36.2 Å². The Morgan fingerprint density at radius 2 is 2.14 bits per heavy atom. The molecule has 0 aliphatic carbocycles. The van der Waals surface area contributed by atoms with E-state index in [2.05, 4.69) is 22.4 Å². The molecule has 76 valence electrons. The maximum absolute atomic E-state index is 4.31. The highest BCUT2D eigenvalue weighted by atomic mass is 14.9. The largest absolute Gasteiger partial charge is 0.313 e. The Kier molecular flexibility index (Phi) is 4.94. The van der Waals surface area contributed by atoms with Crippen molar-refractivity contribution < 1.29 is 0 Å². The fourth-order valence-electron chi connectivity index (χ4n) is 1.41. The molecule has 0 saturated carbocycles. The molecule has 0 unspecified atom stereocenters. The molecule has 2 nitrogen and oxygen atoms in total. The van der Waals surface area contributed by atoms with Gasteiger partial charge in [0.25, 0.3) is 0 Å². The Morgan fingerprint density at radius 3 is 2.71 bits per heavy atom. The summed E-state index contributed by atoms with van der Waals surface area (Å²) in [7, 11) is 0. The second-order valence-electron chi connectivity index (χ2n) is 2.90. The van der Waals surface area contributed by atoms with Gasteiger partial charge in [0.15, 0.2) is 0 Å². The van der Waals surface area contributed by atoms with Crippen LogP contribution in [0.1, 0.15) is 26.0 Å². The van der Waals surface area contributed by atoms with Gasteiger partial charge in [0.2, 0.25) is 0 Å². The SMILES string of the molecule is C1=C(c2ccccn2)CCNC1.CC. The third-order valence-electron chi connectivity index (χ3n) is 2.06. The molecule has 0 fully saturated rings. The molecule has 1 N–H and O–H groups in total. The Balaban J connectivity index is 0.000000461. The van der Waals surface area contributed by atoms with E-state index in [1.807, 2.05) is 32.2 Å². The van der Waals surface area contributed by atoms with Crippen LogP contribution in [-0.4, -0.2) is 18.1 Å². The van der Waals surface area contributed by atoms with Crippen molar-refractivity contribution in [2.24, 2.45) is 0 Å². The lowest BCUT2D eigenvalue weighted by Crippen LogP contribution is -2.20. The molecule has 14 heavy (non-hydrogen) atoms. The minimum atomic E-state index is 0.978. The summed E-state index contributed by atoms with van der Waals surface area (Å²) in [6.45, 7) is 6.05. The van der Waals surface area contributed by atoms with E-state index in [1.165, 1.54) is 5.57 Å². The van der Waals surface area contributed by atoms with Crippen LogP contribution in [0.3, 0.4) is 0 Å². The smallest absolute Gasteiger partial charge is 0.0659 e. The summed E-state index contributed by atoms with van der Waals surface area (Å²) >= 11 is 0. The predicted molar refractivity (Wildman–Crippen MR) is 61.0 cm³/mol. The average Bonchev–Trinajstić information content (AvgIpc) is 2.34.